The lowest BCUT2D eigenvalue weighted by atomic mass is 10.1. The molecule has 0 radical (unpaired) electrons. The van der Waals surface area contributed by atoms with Gasteiger partial charge in [0.2, 0.25) is 0 Å². The molecular formula is C42H40N2O4. The summed E-state index contributed by atoms with van der Waals surface area (Å²) in [6.45, 7) is 11.2. The number of benzene rings is 5. The van der Waals surface area contributed by atoms with Crippen molar-refractivity contribution in [1.29, 1.82) is 0 Å². The number of anilines is 6. The summed E-state index contributed by atoms with van der Waals surface area (Å²) >= 11 is 0. The Bertz CT molecular complexity index is 1750. The molecule has 48 heavy (non-hydrogen) atoms. The number of hydrogen-bond acceptors (Lipinski definition) is 6. The van der Waals surface area contributed by atoms with Crippen LogP contribution in [-0.4, -0.2) is 25.2 Å². The van der Waals surface area contributed by atoms with E-state index < -0.39 is 0 Å². The average molecular weight is 637 g/mol. The maximum absolute atomic E-state index is 11.9. The van der Waals surface area contributed by atoms with Gasteiger partial charge in [-0.3, -0.25) is 0 Å². The Morgan fingerprint density at radius 2 is 0.812 bits per heavy atom. The Labute approximate surface area is 283 Å². The van der Waals surface area contributed by atoms with Crippen LogP contribution in [-0.2, 0) is 31.9 Å². The highest BCUT2D eigenvalue weighted by Crippen LogP contribution is 2.40. The normalized spacial score (nSPS) is 10.5. The van der Waals surface area contributed by atoms with E-state index in [0.29, 0.717) is 24.0 Å². The molecule has 0 bridgehead atoms. The summed E-state index contributed by atoms with van der Waals surface area (Å²) in [5.74, 6) is -0.762. The van der Waals surface area contributed by atoms with Gasteiger partial charge in [-0.05, 0) is 91.7 Å². The minimum absolute atomic E-state index is 0.275. The van der Waals surface area contributed by atoms with Gasteiger partial charge in [0.05, 0.1) is 13.2 Å². The zero-order chi connectivity index (χ0) is 33.9. The molecule has 0 aromatic heterocycles. The SMILES string of the molecule is C=C(C)C(=O)OCCc1cccc(N(c2ccccc2)c2cccc(N(c3ccccc3)c3cccc(CCOC(=O)C(=C)C)c3)c2)c1. The fourth-order valence-corrected chi connectivity index (χ4v) is 5.29. The second-order valence-electron chi connectivity index (χ2n) is 11.5. The molecule has 242 valence electrons. The van der Waals surface area contributed by atoms with Crippen molar-refractivity contribution in [3.63, 3.8) is 0 Å². The van der Waals surface area contributed by atoms with E-state index in [4.69, 9.17) is 9.47 Å². The number of carbonyl (C=O) groups is 2. The summed E-state index contributed by atoms with van der Waals surface area (Å²) < 4.78 is 10.7. The highest BCUT2D eigenvalue weighted by atomic mass is 16.5. The third kappa shape index (κ3) is 8.68. The first kappa shape index (κ1) is 33.5. The Morgan fingerprint density at radius 3 is 1.19 bits per heavy atom. The molecule has 0 spiro atoms. The summed E-state index contributed by atoms with van der Waals surface area (Å²) in [4.78, 5) is 28.3. The fourth-order valence-electron chi connectivity index (χ4n) is 5.29. The number of rotatable bonds is 14. The average Bonchev–Trinajstić information content (AvgIpc) is 3.10. The Hall–Kier alpha value is -5.88. The van der Waals surface area contributed by atoms with Crippen molar-refractivity contribution < 1.29 is 19.1 Å². The summed E-state index contributed by atoms with van der Waals surface area (Å²) in [7, 11) is 0. The molecule has 0 fully saturated rings. The lowest BCUT2D eigenvalue weighted by Crippen LogP contribution is -2.14. The predicted octanol–water partition coefficient (Wildman–Crippen LogP) is 9.95. The van der Waals surface area contributed by atoms with Crippen LogP contribution in [0.25, 0.3) is 0 Å². The third-order valence-corrected chi connectivity index (χ3v) is 7.66. The van der Waals surface area contributed by atoms with Crippen LogP contribution in [0.15, 0.2) is 158 Å². The van der Waals surface area contributed by atoms with Crippen molar-refractivity contribution in [2.24, 2.45) is 0 Å². The van der Waals surface area contributed by atoms with E-state index >= 15 is 0 Å². The molecule has 0 aliphatic rings. The number of nitrogens with zero attached hydrogens (tertiary/aromatic N) is 2. The molecular weight excluding hydrogens is 596 g/mol. The molecule has 0 N–H and O–H groups in total. The van der Waals surface area contributed by atoms with Gasteiger partial charge in [-0.1, -0.05) is 79.9 Å². The van der Waals surface area contributed by atoms with Gasteiger partial charge >= 0.3 is 11.9 Å². The fraction of sp³-hybridized carbons (Fsp3) is 0.143. The summed E-state index contributed by atoms with van der Waals surface area (Å²) in [5, 5.41) is 0. The van der Waals surface area contributed by atoms with Crippen molar-refractivity contribution in [3.8, 4) is 0 Å². The van der Waals surface area contributed by atoms with Crippen LogP contribution in [0.2, 0.25) is 0 Å². The van der Waals surface area contributed by atoms with Crippen LogP contribution in [0.1, 0.15) is 25.0 Å². The Morgan fingerprint density at radius 1 is 0.479 bits per heavy atom. The number of carbonyl (C=O) groups excluding carboxylic acids is 2. The van der Waals surface area contributed by atoms with Crippen molar-refractivity contribution in [2.45, 2.75) is 26.7 Å². The number of hydrogen-bond donors (Lipinski definition) is 0. The van der Waals surface area contributed by atoms with Crippen molar-refractivity contribution in [1.82, 2.24) is 0 Å². The zero-order valence-electron chi connectivity index (χ0n) is 27.5. The van der Waals surface area contributed by atoms with E-state index in [1.807, 2.05) is 60.7 Å². The predicted molar refractivity (Wildman–Crippen MR) is 195 cm³/mol. The van der Waals surface area contributed by atoms with Gasteiger partial charge in [0, 0.05) is 58.1 Å². The molecule has 6 heteroatoms. The molecule has 0 heterocycles. The molecule has 0 aliphatic carbocycles. The number of esters is 2. The van der Waals surface area contributed by atoms with E-state index in [1.165, 1.54) is 0 Å². The van der Waals surface area contributed by atoms with Crippen molar-refractivity contribution >= 4 is 46.1 Å². The Kier molecular flexibility index (Phi) is 11.2. The van der Waals surface area contributed by atoms with E-state index in [2.05, 4.69) is 95.8 Å². The van der Waals surface area contributed by atoms with E-state index in [-0.39, 0.29) is 25.2 Å². The highest BCUT2D eigenvalue weighted by Gasteiger charge is 2.18. The molecule has 5 rings (SSSR count). The second kappa shape index (κ2) is 16.1. The minimum atomic E-state index is -0.381. The van der Waals surface area contributed by atoms with Crippen LogP contribution < -0.4 is 9.80 Å². The van der Waals surface area contributed by atoms with Gasteiger partial charge in [-0.15, -0.1) is 0 Å². The summed E-state index contributed by atoms with van der Waals surface area (Å²) in [6, 6.07) is 45.5. The van der Waals surface area contributed by atoms with Crippen LogP contribution in [0.4, 0.5) is 34.1 Å². The molecule has 5 aromatic rings. The quantitative estimate of drug-likeness (QED) is 0.0893. The Balaban J connectivity index is 1.50. The number of para-hydroxylation sites is 2. The maximum atomic E-state index is 11.9. The molecule has 0 saturated heterocycles. The van der Waals surface area contributed by atoms with Crippen molar-refractivity contribution in [3.05, 3.63) is 169 Å². The summed E-state index contributed by atoms with van der Waals surface area (Å²) in [5.41, 5.74) is 8.84. The van der Waals surface area contributed by atoms with Crippen LogP contribution >= 0.6 is 0 Å². The van der Waals surface area contributed by atoms with E-state index in [0.717, 1.165) is 45.3 Å². The van der Waals surface area contributed by atoms with Crippen LogP contribution in [0, 0.1) is 0 Å². The first-order valence-electron chi connectivity index (χ1n) is 15.9. The molecule has 0 amide bonds. The van der Waals surface area contributed by atoms with Gasteiger partial charge in [-0.25, -0.2) is 9.59 Å². The smallest absolute Gasteiger partial charge is 0.333 e. The second-order valence-corrected chi connectivity index (χ2v) is 11.5. The monoisotopic (exact) mass is 636 g/mol. The van der Waals surface area contributed by atoms with E-state index in [1.54, 1.807) is 13.8 Å². The first-order valence-corrected chi connectivity index (χ1v) is 15.9. The summed E-state index contributed by atoms with van der Waals surface area (Å²) in [6.07, 6.45) is 1.17. The minimum Gasteiger partial charge on any atom is -0.462 e. The van der Waals surface area contributed by atoms with Crippen LogP contribution in [0.5, 0.6) is 0 Å². The maximum Gasteiger partial charge on any atom is 0.333 e. The van der Waals surface area contributed by atoms with E-state index in [9.17, 15) is 9.59 Å². The lowest BCUT2D eigenvalue weighted by Gasteiger charge is -2.29. The molecule has 0 unspecified atom stereocenters. The van der Waals surface area contributed by atoms with Gasteiger partial charge in [0.25, 0.3) is 0 Å². The van der Waals surface area contributed by atoms with Gasteiger partial charge in [0.1, 0.15) is 0 Å². The standard InChI is InChI=1S/C42H40N2O4/c1-31(2)41(45)47-26-24-33-14-11-20-37(28-33)43(35-16-7-5-8-17-35)39-22-13-23-40(30-39)44(36-18-9-6-10-19-36)38-21-12-15-34(29-38)25-27-48-42(46)32(3)4/h5-23,28-30H,1,3,24-27H2,2,4H3. The van der Waals surface area contributed by atoms with Crippen LogP contribution in [0.3, 0.4) is 0 Å². The molecule has 0 aliphatic heterocycles. The topological polar surface area (TPSA) is 59.1 Å². The molecule has 6 nitrogen and oxygen atoms in total. The van der Waals surface area contributed by atoms with Crippen molar-refractivity contribution in [2.75, 3.05) is 23.0 Å². The van der Waals surface area contributed by atoms with Gasteiger partial charge in [-0.2, -0.15) is 0 Å². The largest absolute Gasteiger partial charge is 0.462 e. The first-order chi connectivity index (χ1) is 23.3. The van der Waals surface area contributed by atoms with Gasteiger partial charge in [0.15, 0.2) is 0 Å². The molecule has 0 saturated carbocycles. The highest BCUT2D eigenvalue weighted by molar-refractivity contribution is 5.87. The number of ether oxygens (including phenoxy) is 2. The third-order valence-electron chi connectivity index (χ3n) is 7.66. The lowest BCUT2D eigenvalue weighted by molar-refractivity contribution is -0.139. The molecule has 5 aromatic carbocycles. The van der Waals surface area contributed by atoms with Gasteiger partial charge < -0.3 is 19.3 Å². The molecule has 0 atom stereocenters. The zero-order valence-corrected chi connectivity index (χ0v) is 27.5.